The Morgan fingerprint density at radius 1 is 1.40 bits per heavy atom. The molecular formula is C10H20N2O3. The highest BCUT2D eigenvalue weighted by Gasteiger charge is 2.10. The summed E-state index contributed by atoms with van der Waals surface area (Å²) in [6, 6.07) is 0. The van der Waals surface area contributed by atoms with E-state index >= 15 is 0 Å². The predicted molar refractivity (Wildman–Crippen MR) is 57.6 cm³/mol. The van der Waals surface area contributed by atoms with Crippen LogP contribution in [0.3, 0.4) is 0 Å². The molecule has 1 amide bonds. The summed E-state index contributed by atoms with van der Waals surface area (Å²) in [4.78, 5) is 23.0. The lowest BCUT2D eigenvalue weighted by molar-refractivity contribution is -0.138. The SMILES string of the molecule is CC(=O)NCCN(CC(=O)O)CC(C)C. The van der Waals surface area contributed by atoms with Crippen molar-refractivity contribution in [2.75, 3.05) is 26.2 Å². The van der Waals surface area contributed by atoms with Crippen molar-refractivity contribution in [1.29, 1.82) is 0 Å². The predicted octanol–water partition coefficient (Wildman–Crippen LogP) is 0.165. The Morgan fingerprint density at radius 2 is 2.00 bits per heavy atom. The van der Waals surface area contributed by atoms with E-state index < -0.39 is 5.97 Å². The zero-order valence-corrected chi connectivity index (χ0v) is 9.62. The molecule has 0 heterocycles. The fourth-order valence-corrected chi connectivity index (χ4v) is 1.33. The number of rotatable bonds is 7. The minimum Gasteiger partial charge on any atom is -0.480 e. The molecule has 0 aromatic carbocycles. The molecule has 0 unspecified atom stereocenters. The van der Waals surface area contributed by atoms with E-state index in [9.17, 15) is 9.59 Å². The molecule has 0 radical (unpaired) electrons. The molecule has 88 valence electrons. The number of hydrogen-bond donors (Lipinski definition) is 2. The van der Waals surface area contributed by atoms with E-state index in [1.807, 2.05) is 18.7 Å². The second-order valence-electron chi connectivity index (χ2n) is 4.01. The van der Waals surface area contributed by atoms with Crippen LogP contribution in [0.4, 0.5) is 0 Å². The molecule has 0 fully saturated rings. The Kier molecular flexibility index (Phi) is 6.70. The summed E-state index contributed by atoms with van der Waals surface area (Å²) in [7, 11) is 0. The van der Waals surface area contributed by atoms with Crippen LogP contribution in [-0.4, -0.2) is 48.1 Å². The van der Waals surface area contributed by atoms with Crippen LogP contribution in [0.5, 0.6) is 0 Å². The number of amides is 1. The first-order chi connectivity index (χ1) is 6.91. The smallest absolute Gasteiger partial charge is 0.317 e. The van der Waals surface area contributed by atoms with Gasteiger partial charge in [0.2, 0.25) is 5.91 Å². The van der Waals surface area contributed by atoms with E-state index in [2.05, 4.69) is 5.32 Å². The molecule has 5 heteroatoms. The number of carbonyl (C=O) groups excluding carboxylic acids is 1. The summed E-state index contributed by atoms with van der Waals surface area (Å²) in [5.74, 6) is -0.505. The van der Waals surface area contributed by atoms with Crippen molar-refractivity contribution >= 4 is 11.9 Å². The molecule has 5 nitrogen and oxygen atoms in total. The molecule has 0 aromatic heterocycles. The summed E-state index contributed by atoms with van der Waals surface area (Å²) >= 11 is 0. The van der Waals surface area contributed by atoms with Gasteiger partial charge < -0.3 is 10.4 Å². The van der Waals surface area contributed by atoms with Gasteiger partial charge in [0, 0.05) is 26.6 Å². The lowest BCUT2D eigenvalue weighted by Crippen LogP contribution is -2.39. The first kappa shape index (κ1) is 13.9. The number of hydrogen-bond acceptors (Lipinski definition) is 3. The largest absolute Gasteiger partial charge is 0.480 e. The van der Waals surface area contributed by atoms with Gasteiger partial charge in [0.05, 0.1) is 6.54 Å². The van der Waals surface area contributed by atoms with Gasteiger partial charge in [-0.05, 0) is 5.92 Å². The van der Waals surface area contributed by atoms with Crippen molar-refractivity contribution < 1.29 is 14.7 Å². The highest BCUT2D eigenvalue weighted by molar-refractivity contribution is 5.72. The molecule has 0 saturated carbocycles. The van der Waals surface area contributed by atoms with Crippen LogP contribution >= 0.6 is 0 Å². The first-order valence-corrected chi connectivity index (χ1v) is 5.10. The van der Waals surface area contributed by atoms with Gasteiger partial charge in [0.25, 0.3) is 0 Å². The van der Waals surface area contributed by atoms with Crippen LogP contribution in [0, 0.1) is 5.92 Å². The van der Waals surface area contributed by atoms with Gasteiger partial charge in [0.1, 0.15) is 0 Å². The maximum atomic E-state index is 10.6. The van der Waals surface area contributed by atoms with Crippen LogP contribution in [0.15, 0.2) is 0 Å². The third-order valence-corrected chi connectivity index (χ3v) is 1.78. The van der Waals surface area contributed by atoms with Gasteiger partial charge in [-0.25, -0.2) is 0 Å². The Labute approximate surface area is 90.5 Å². The second kappa shape index (κ2) is 7.23. The zero-order chi connectivity index (χ0) is 11.8. The number of aliphatic carboxylic acids is 1. The number of nitrogens with one attached hydrogen (secondary N) is 1. The fraction of sp³-hybridized carbons (Fsp3) is 0.800. The summed E-state index contributed by atoms with van der Waals surface area (Å²) in [5, 5.41) is 11.3. The lowest BCUT2D eigenvalue weighted by Gasteiger charge is -2.22. The van der Waals surface area contributed by atoms with E-state index in [0.29, 0.717) is 19.0 Å². The van der Waals surface area contributed by atoms with Gasteiger partial charge in [-0.3, -0.25) is 14.5 Å². The van der Waals surface area contributed by atoms with E-state index in [4.69, 9.17) is 5.11 Å². The first-order valence-electron chi connectivity index (χ1n) is 5.10. The average Bonchev–Trinajstić information content (AvgIpc) is 2.00. The summed E-state index contributed by atoms with van der Waals surface area (Å²) in [6.07, 6.45) is 0. The van der Waals surface area contributed by atoms with Crippen molar-refractivity contribution in [1.82, 2.24) is 10.2 Å². The summed E-state index contributed by atoms with van der Waals surface area (Å²) in [5.41, 5.74) is 0. The van der Waals surface area contributed by atoms with E-state index in [1.165, 1.54) is 6.92 Å². The van der Waals surface area contributed by atoms with Crippen LogP contribution in [0.2, 0.25) is 0 Å². The van der Waals surface area contributed by atoms with Gasteiger partial charge >= 0.3 is 5.97 Å². The number of carbonyl (C=O) groups is 2. The number of nitrogens with zero attached hydrogens (tertiary/aromatic N) is 1. The molecule has 0 saturated heterocycles. The minimum atomic E-state index is -0.835. The highest BCUT2D eigenvalue weighted by Crippen LogP contribution is 1.97. The van der Waals surface area contributed by atoms with E-state index in [0.717, 1.165) is 6.54 Å². The highest BCUT2D eigenvalue weighted by atomic mass is 16.4. The van der Waals surface area contributed by atoms with Crippen LogP contribution in [0.25, 0.3) is 0 Å². The fourth-order valence-electron chi connectivity index (χ4n) is 1.33. The van der Waals surface area contributed by atoms with Gasteiger partial charge in [-0.2, -0.15) is 0 Å². The molecule has 0 aliphatic rings. The van der Waals surface area contributed by atoms with Crippen LogP contribution < -0.4 is 5.32 Å². The minimum absolute atomic E-state index is 0.0256. The molecular weight excluding hydrogens is 196 g/mol. The molecule has 0 spiro atoms. The molecule has 0 bridgehead atoms. The second-order valence-corrected chi connectivity index (χ2v) is 4.01. The molecule has 0 atom stereocenters. The standard InChI is InChI=1S/C10H20N2O3/c1-8(2)6-12(7-10(14)15)5-4-11-9(3)13/h8H,4-7H2,1-3H3,(H,11,13)(H,14,15). The molecule has 0 rings (SSSR count). The topological polar surface area (TPSA) is 69.6 Å². The monoisotopic (exact) mass is 216 g/mol. The number of carboxylic acids is 1. The van der Waals surface area contributed by atoms with Crippen molar-refractivity contribution in [2.24, 2.45) is 5.92 Å². The quantitative estimate of drug-likeness (QED) is 0.636. The van der Waals surface area contributed by atoms with E-state index in [1.54, 1.807) is 0 Å². The molecule has 0 aliphatic carbocycles. The van der Waals surface area contributed by atoms with Crippen LogP contribution in [-0.2, 0) is 9.59 Å². The normalized spacial score (nSPS) is 10.7. The third-order valence-electron chi connectivity index (χ3n) is 1.78. The Morgan fingerprint density at radius 3 is 2.40 bits per heavy atom. The number of carboxylic acid groups (broad SMARTS) is 1. The van der Waals surface area contributed by atoms with Gasteiger partial charge in [0.15, 0.2) is 0 Å². The van der Waals surface area contributed by atoms with Crippen molar-refractivity contribution in [3.63, 3.8) is 0 Å². The summed E-state index contributed by atoms with van der Waals surface area (Å²) in [6.45, 7) is 7.34. The molecule has 2 N–H and O–H groups in total. The Hall–Kier alpha value is -1.10. The average molecular weight is 216 g/mol. The van der Waals surface area contributed by atoms with E-state index in [-0.39, 0.29) is 12.5 Å². The Balaban J connectivity index is 3.89. The van der Waals surface area contributed by atoms with Crippen molar-refractivity contribution in [2.45, 2.75) is 20.8 Å². The zero-order valence-electron chi connectivity index (χ0n) is 9.62. The molecule has 0 aliphatic heterocycles. The molecule has 15 heavy (non-hydrogen) atoms. The van der Waals surface area contributed by atoms with Crippen molar-refractivity contribution in [3.8, 4) is 0 Å². The third kappa shape index (κ3) is 9.21. The Bertz CT molecular complexity index is 217. The lowest BCUT2D eigenvalue weighted by atomic mass is 10.2. The van der Waals surface area contributed by atoms with Gasteiger partial charge in [-0.1, -0.05) is 13.8 Å². The maximum absolute atomic E-state index is 10.6. The van der Waals surface area contributed by atoms with Gasteiger partial charge in [-0.15, -0.1) is 0 Å². The van der Waals surface area contributed by atoms with Crippen LogP contribution in [0.1, 0.15) is 20.8 Å². The maximum Gasteiger partial charge on any atom is 0.317 e. The molecule has 0 aromatic rings. The summed E-state index contributed by atoms with van der Waals surface area (Å²) < 4.78 is 0. The van der Waals surface area contributed by atoms with Crippen molar-refractivity contribution in [3.05, 3.63) is 0 Å².